The Morgan fingerprint density at radius 3 is 2.59 bits per heavy atom. The number of rotatable bonds is 4. The molecule has 29 heavy (non-hydrogen) atoms. The highest BCUT2D eigenvalue weighted by Gasteiger charge is 2.30. The molecule has 148 valence electrons. The van der Waals surface area contributed by atoms with Gasteiger partial charge in [-0.15, -0.1) is 0 Å². The molecule has 1 aliphatic heterocycles. The molecule has 0 bridgehead atoms. The standard InChI is InChI=1S/C24H24N2O3/c1-17-10-12-19(13-11-17)25-23(27)18-6-4-14-26(16-18)24(28)21-8-3-2-7-20(21)22-9-5-15-29-22/h2-3,5,7-13,15,18H,4,6,14,16H2,1H3,(H,25,27). The van der Waals surface area contributed by atoms with E-state index in [9.17, 15) is 9.59 Å². The highest BCUT2D eigenvalue weighted by Crippen LogP contribution is 2.27. The van der Waals surface area contributed by atoms with Gasteiger partial charge in [-0.1, -0.05) is 35.9 Å². The summed E-state index contributed by atoms with van der Waals surface area (Å²) in [6.07, 6.45) is 3.19. The van der Waals surface area contributed by atoms with Crippen LogP contribution in [0, 0.1) is 12.8 Å². The number of likely N-dealkylation sites (tertiary alicyclic amines) is 1. The number of hydrogen-bond acceptors (Lipinski definition) is 3. The Labute approximate surface area is 170 Å². The summed E-state index contributed by atoms with van der Waals surface area (Å²) in [6, 6.07) is 18.8. The number of furan rings is 1. The van der Waals surface area contributed by atoms with Crippen LogP contribution < -0.4 is 5.32 Å². The predicted octanol–water partition coefficient (Wildman–Crippen LogP) is 4.75. The van der Waals surface area contributed by atoms with Gasteiger partial charge >= 0.3 is 0 Å². The number of anilines is 1. The molecule has 1 aliphatic rings. The fraction of sp³-hybridized carbons (Fsp3) is 0.250. The molecule has 0 radical (unpaired) electrons. The normalized spacial score (nSPS) is 16.4. The van der Waals surface area contributed by atoms with Crippen LogP contribution in [0.15, 0.2) is 71.3 Å². The molecule has 5 nitrogen and oxygen atoms in total. The van der Waals surface area contributed by atoms with Gasteiger partial charge in [-0.2, -0.15) is 0 Å². The molecule has 3 aromatic rings. The van der Waals surface area contributed by atoms with Gasteiger partial charge in [0, 0.05) is 24.3 Å². The average molecular weight is 388 g/mol. The van der Waals surface area contributed by atoms with Crippen molar-refractivity contribution >= 4 is 17.5 Å². The highest BCUT2D eigenvalue weighted by molar-refractivity contribution is 6.01. The molecule has 1 saturated heterocycles. The Morgan fingerprint density at radius 1 is 1.03 bits per heavy atom. The monoisotopic (exact) mass is 388 g/mol. The maximum atomic E-state index is 13.2. The van der Waals surface area contributed by atoms with E-state index in [4.69, 9.17) is 4.42 Å². The third kappa shape index (κ3) is 4.24. The lowest BCUT2D eigenvalue weighted by atomic mass is 9.95. The van der Waals surface area contributed by atoms with Crippen molar-refractivity contribution in [2.45, 2.75) is 19.8 Å². The number of amides is 2. The molecule has 2 aromatic carbocycles. The van der Waals surface area contributed by atoms with Gasteiger partial charge in [0.1, 0.15) is 5.76 Å². The van der Waals surface area contributed by atoms with Crippen LogP contribution in [-0.4, -0.2) is 29.8 Å². The first kappa shape index (κ1) is 19.0. The maximum absolute atomic E-state index is 13.2. The zero-order chi connectivity index (χ0) is 20.2. The fourth-order valence-corrected chi connectivity index (χ4v) is 3.74. The van der Waals surface area contributed by atoms with Gasteiger partial charge in [-0.05, 0) is 50.1 Å². The average Bonchev–Trinajstić information content (AvgIpc) is 3.30. The van der Waals surface area contributed by atoms with E-state index >= 15 is 0 Å². The minimum absolute atomic E-state index is 0.0364. The van der Waals surface area contributed by atoms with Gasteiger partial charge in [0.2, 0.25) is 5.91 Å². The molecule has 0 saturated carbocycles. The van der Waals surface area contributed by atoms with E-state index in [1.165, 1.54) is 0 Å². The van der Waals surface area contributed by atoms with Crippen LogP contribution in [0.1, 0.15) is 28.8 Å². The van der Waals surface area contributed by atoms with E-state index in [0.717, 1.165) is 29.7 Å². The molecule has 1 N–H and O–H groups in total. The van der Waals surface area contributed by atoms with E-state index in [0.29, 0.717) is 24.4 Å². The summed E-state index contributed by atoms with van der Waals surface area (Å²) >= 11 is 0. The van der Waals surface area contributed by atoms with E-state index in [1.54, 1.807) is 11.2 Å². The van der Waals surface area contributed by atoms with Crippen LogP contribution in [0.2, 0.25) is 0 Å². The van der Waals surface area contributed by atoms with Gasteiger partial charge in [0.25, 0.3) is 5.91 Å². The van der Waals surface area contributed by atoms with Crippen molar-refractivity contribution < 1.29 is 14.0 Å². The molecule has 2 amide bonds. The number of nitrogens with one attached hydrogen (secondary N) is 1. The number of piperidine rings is 1. The summed E-state index contributed by atoms with van der Waals surface area (Å²) in [5.74, 6) is 0.347. The van der Waals surface area contributed by atoms with E-state index in [2.05, 4.69) is 5.32 Å². The molecule has 1 fully saturated rings. The minimum Gasteiger partial charge on any atom is -0.464 e. The summed E-state index contributed by atoms with van der Waals surface area (Å²) in [4.78, 5) is 27.8. The zero-order valence-electron chi connectivity index (χ0n) is 16.4. The molecule has 1 atom stereocenters. The number of hydrogen-bond donors (Lipinski definition) is 1. The SMILES string of the molecule is Cc1ccc(NC(=O)C2CCCN(C(=O)c3ccccc3-c3ccco3)C2)cc1. The topological polar surface area (TPSA) is 62.6 Å². The Bertz CT molecular complexity index is 993. The Hall–Kier alpha value is -3.34. The second kappa shape index (κ2) is 8.35. The molecule has 4 rings (SSSR count). The van der Waals surface area contributed by atoms with E-state index < -0.39 is 0 Å². The van der Waals surface area contributed by atoms with Crippen molar-refractivity contribution in [1.29, 1.82) is 0 Å². The largest absolute Gasteiger partial charge is 0.464 e. The second-order valence-electron chi connectivity index (χ2n) is 7.47. The lowest BCUT2D eigenvalue weighted by Crippen LogP contribution is -2.43. The smallest absolute Gasteiger partial charge is 0.254 e. The van der Waals surface area contributed by atoms with E-state index in [-0.39, 0.29) is 17.7 Å². The van der Waals surface area contributed by atoms with Crippen molar-refractivity contribution in [3.63, 3.8) is 0 Å². The molecule has 5 heteroatoms. The zero-order valence-corrected chi connectivity index (χ0v) is 16.4. The van der Waals surface area contributed by atoms with Crippen molar-refractivity contribution in [3.8, 4) is 11.3 Å². The third-order valence-electron chi connectivity index (χ3n) is 5.34. The molecule has 1 aromatic heterocycles. The van der Waals surface area contributed by atoms with E-state index in [1.807, 2.05) is 67.6 Å². The minimum atomic E-state index is -0.218. The number of nitrogens with zero attached hydrogens (tertiary/aromatic N) is 1. The molecular weight excluding hydrogens is 364 g/mol. The van der Waals surface area contributed by atoms with Gasteiger partial charge in [0.15, 0.2) is 0 Å². The van der Waals surface area contributed by atoms with Crippen molar-refractivity contribution in [2.24, 2.45) is 5.92 Å². The Kier molecular flexibility index (Phi) is 5.47. The maximum Gasteiger partial charge on any atom is 0.254 e. The quantitative estimate of drug-likeness (QED) is 0.702. The molecule has 0 aliphatic carbocycles. The highest BCUT2D eigenvalue weighted by atomic mass is 16.3. The summed E-state index contributed by atoms with van der Waals surface area (Å²) in [6.45, 7) is 3.08. The predicted molar refractivity (Wildman–Crippen MR) is 113 cm³/mol. The van der Waals surface area contributed by atoms with Gasteiger partial charge in [-0.25, -0.2) is 0 Å². The van der Waals surface area contributed by atoms with Crippen LogP contribution in [0.25, 0.3) is 11.3 Å². The Morgan fingerprint density at radius 2 is 1.83 bits per heavy atom. The first-order valence-electron chi connectivity index (χ1n) is 9.91. The number of carbonyl (C=O) groups is 2. The summed E-state index contributed by atoms with van der Waals surface area (Å²) in [7, 11) is 0. The van der Waals surface area contributed by atoms with Crippen LogP contribution >= 0.6 is 0 Å². The van der Waals surface area contributed by atoms with Gasteiger partial charge in [0.05, 0.1) is 17.7 Å². The lowest BCUT2D eigenvalue weighted by Gasteiger charge is -2.32. The number of carbonyl (C=O) groups excluding carboxylic acids is 2. The summed E-state index contributed by atoms with van der Waals surface area (Å²) in [5, 5.41) is 2.98. The van der Waals surface area contributed by atoms with Gasteiger partial charge < -0.3 is 14.6 Å². The first-order valence-corrected chi connectivity index (χ1v) is 9.91. The summed E-state index contributed by atoms with van der Waals surface area (Å²) < 4.78 is 5.50. The van der Waals surface area contributed by atoms with Gasteiger partial charge in [-0.3, -0.25) is 9.59 Å². The van der Waals surface area contributed by atoms with Crippen molar-refractivity contribution in [2.75, 3.05) is 18.4 Å². The molecule has 1 unspecified atom stereocenters. The van der Waals surface area contributed by atoms with Crippen molar-refractivity contribution in [3.05, 3.63) is 78.1 Å². The molecule has 2 heterocycles. The van der Waals surface area contributed by atoms with Crippen LogP contribution in [0.4, 0.5) is 5.69 Å². The third-order valence-corrected chi connectivity index (χ3v) is 5.34. The first-order chi connectivity index (χ1) is 14.1. The van der Waals surface area contributed by atoms with Crippen LogP contribution in [-0.2, 0) is 4.79 Å². The Balaban J connectivity index is 1.48. The number of benzene rings is 2. The molecular formula is C24H24N2O3. The fourth-order valence-electron chi connectivity index (χ4n) is 3.74. The number of aryl methyl sites for hydroxylation is 1. The molecule has 0 spiro atoms. The van der Waals surface area contributed by atoms with Crippen molar-refractivity contribution in [1.82, 2.24) is 4.90 Å². The van der Waals surface area contributed by atoms with Crippen LogP contribution in [0.5, 0.6) is 0 Å². The second-order valence-corrected chi connectivity index (χ2v) is 7.47. The van der Waals surface area contributed by atoms with Crippen LogP contribution in [0.3, 0.4) is 0 Å². The lowest BCUT2D eigenvalue weighted by molar-refractivity contribution is -0.121. The summed E-state index contributed by atoms with van der Waals surface area (Å²) in [5.41, 5.74) is 3.30.